The molecule has 0 bridgehead atoms. The van der Waals surface area contributed by atoms with Gasteiger partial charge in [0, 0.05) is 25.0 Å². The molecular formula is C12H17N3O2. The van der Waals surface area contributed by atoms with E-state index >= 15 is 0 Å². The molecule has 5 heteroatoms. The summed E-state index contributed by atoms with van der Waals surface area (Å²) < 4.78 is 0. The Morgan fingerprint density at radius 3 is 2.76 bits per heavy atom. The van der Waals surface area contributed by atoms with Crippen molar-refractivity contribution >= 4 is 11.8 Å². The molecule has 2 atom stereocenters. The Labute approximate surface area is 100 Å². The molecule has 1 N–H and O–H groups in total. The van der Waals surface area contributed by atoms with Crippen molar-refractivity contribution in [3.63, 3.8) is 0 Å². The number of anilines is 1. The van der Waals surface area contributed by atoms with Crippen LogP contribution in [0.15, 0.2) is 12.4 Å². The van der Waals surface area contributed by atoms with E-state index in [0.717, 1.165) is 19.4 Å². The smallest absolute Gasteiger partial charge is 0.358 e. The number of hydrogen-bond donors (Lipinski definition) is 1. The van der Waals surface area contributed by atoms with Crippen molar-refractivity contribution in [1.82, 2.24) is 9.97 Å². The second kappa shape index (κ2) is 4.69. The van der Waals surface area contributed by atoms with Crippen molar-refractivity contribution in [3.8, 4) is 0 Å². The standard InChI is InChI=1S/C12H17N3O2/c1-8-3-6-15(9(2)7-8)11-10(12(16)17)13-4-5-14-11/h4-5,8-9H,3,6-7H2,1-2H3,(H,16,17). The van der Waals surface area contributed by atoms with E-state index in [9.17, 15) is 4.79 Å². The van der Waals surface area contributed by atoms with Crippen LogP contribution in [0, 0.1) is 5.92 Å². The van der Waals surface area contributed by atoms with E-state index in [4.69, 9.17) is 5.11 Å². The van der Waals surface area contributed by atoms with E-state index in [0.29, 0.717) is 17.8 Å². The number of carboxylic acids is 1. The number of piperidine rings is 1. The molecule has 0 radical (unpaired) electrons. The molecule has 1 saturated heterocycles. The van der Waals surface area contributed by atoms with Crippen molar-refractivity contribution in [1.29, 1.82) is 0 Å². The van der Waals surface area contributed by atoms with Crippen molar-refractivity contribution in [2.75, 3.05) is 11.4 Å². The van der Waals surface area contributed by atoms with E-state index in [-0.39, 0.29) is 5.69 Å². The molecular weight excluding hydrogens is 218 g/mol. The first kappa shape index (κ1) is 11.8. The molecule has 0 amide bonds. The zero-order valence-corrected chi connectivity index (χ0v) is 10.1. The summed E-state index contributed by atoms with van der Waals surface area (Å²) in [5, 5.41) is 9.11. The van der Waals surface area contributed by atoms with Crippen LogP contribution < -0.4 is 4.90 Å². The minimum Gasteiger partial charge on any atom is -0.476 e. The summed E-state index contributed by atoms with van der Waals surface area (Å²) in [6.07, 6.45) is 5.10. The van der Waals surface area contributed by atoms with Gasteiger partial charge in [0.1, 0.15) is 0 Å². The van der Waals surface area contributed by atoms with Crippen molar-refractivity contribution in [2.24, 2.45) is 5.92 Å². The zero-order valence-electron chi connectivity index (χ0n) is 10.1. The fourth-order valence-electron chi connectivity index (χ4n) is 2.41. The van der Waals surface area contributed by atoms with Gasteiger partial charge in [-0.05, 0) is 25.7 Å². The number of nitrogens with zero attached hydrogens (tertiary/aromatic N) is 3. The van der Waals surface area contributed by atoms with Crippen LogP contribution in [0.2, 0.25) is 0 Å². The summed E-state index contributed by atoms with van der Waals surface area (Å²) in [6.45, 7) is 5.18. The van der Waals surface area contributed by atoms with Crippen molar-refractivity contribution in [2.45, 2.75) is 32.7 Å². The van der Waals surface area contributed by atoms with Crippen LogP contribution in [0.4, 0.5) is 5.82 Å². The molecule has 0 saturated carbocycles. The molecule has 2 unspecified atom stereocenters. The fraction of sp³-hybridized carbons (Fsp3) is 0.583. The highest BCUT2D eigenvalue weighted by Gasteiger charge is 2.27. The summed E-state index contributed by atoms with van der Waals surface area (Å²) in [7, 11) is 0. The zero-order chi connectivity index (χ0) is 12.4. The molecule has 1 aromatic rings. The fourth-order valence-corrected chi connectivity index (χ4v) is 2.41. The summed E-state index contributed by atoms with van der Waals surface area (Å²) in [6, 6.07) is 0.313. The quantitative estimate of drug-likeness (QED) is 0.846. The molecule has 1 aliphatic heterocycles. The van der Waals surface area contributed by atoms with Gasteiger partial charge in [0.05, 0.1) is 0 Å². The molecule has 0 spiro atoms. The number of aromatic carboxylic acids is 1. The Morgan fingerprint density at radius 2 is 2.12 bits per heavy atom. The third kappa shape index (κ3) is 2.38. The summed E-state index contributed by atoms with van der Waals surface area (Å²) in [5.74, 6) is 0.171. The maximum Gasteiger partial charge on any atom is 0.358 e. The second-order valence-electron chi connectivity index (χ2n) is 4.71. The highest BCUT2D eigenvalue weighted by molar-refractivity contribution is 5.91. The number of hydrogen-bond acceptors (Lipinski definition) is 4. The molecule has 1 aromatic heterocycles. The molecule has 0 aromatic carbocycles. The van der Waals surface area contributed by atoms with E-state index < -0.39 is 5.97 Å². The maximum absolute atomic E-state index is 11.1. The van der Waals surface area contributed by atoms with Gasteiger partial charge in [0.2, 0.25) is 0 Å². The van der Waals surface area contributed by atoms with Crippen molar-refractivity contribution in [3.05, 3.63) is 18.1 Å². The van der Waals surface area contributed by atoms with Gasteiger partial charge >= 0.3 is 5.97 Å². The minimum absolute atomic E-state index is 0.0499. The average Bonchev–Trinajstić information content (AvgIpc) is 2.29. The Hall–Kier alpha value is -1.65. The van der Waals surface area contributed by atoms with Crippen LogP contribution >= 0.6 is 0 Å². The van der Waals surface area contributed by atoms with Gasteiger partial charge in [-0.1, -0.05) is 6.92 Å². The molecule has 17 heavy (non-hydrogen) atoms. The molecule has 2 rings (SSSR count). The predicted octanol–water partition coefficient (Wildman–Crippen LogP) is 1.80. The van der Waals surface area contributed by atoms with Gasteiger partial charge in [-0.3, -0.25) is 0 Å². The highest BCUT2D eigenvalue weighted by atomic mass is 16.4. The Balaban J connectivity index is 2.30. The summed E-state index contributed by atoms with van der Waals surface area (Å²) in [5.41, 5.74) is 0.0499. The van der Waals surface area contributed by atoms with Crippen LogP contribution in [0.3, 0.4) is 0 Å². The predicted molar refractivity (Wildman–Crippen MR) is 64.2 cm³/mol. The van der Waals surface area contributed by atoms with Crippen LogP contribution in [0.25, 0.3) is 0 Å². The van der Waals surface area contributed by atoms with Crippen molar-refractivity contribution < 1.29 is 9.90 Å². The van der Waals surface area contributed by atoms with E-state index in [1.165, 1.54) is 6.20 Å². The van der Waals surface area contributed by atoms with Gasteiger partial charge in [0.25, 0.3) is 0 Å². The number of carbonyl (C=O) groups is 1. The number of aromatic nitrogens is 2. The minimum atomic E-state index is -1.01. The van der Waals surface area contributed by atoms with E-state index in [1.807, 2.05) is 0 Å². The maximum atomic E-state index is 11.1. The van der Waals surface area contributed by atoms with Crippen LogP contribution in [-0.2, 0) is 0 Å². The molecule has 1 fully saturated rings. The molecule has 0 aliphatic carbocycles. The lowest BCUT2D eigenvalue weighted by atomic mass is 9.93. The summed E-state index contributed by atoms with van der Waals surface area (Å²) in [4.78, 5) is 21.2. The normalized spacial score (nSPS) is 24.7. The molecule has 2 heterocycles. The van der Waals surface area contributed by atoms with Gasteiger partial charge < -0.3 is 10.0 Å². The lowest BCUT2D eigenvalue weighted by Gasteiger charge is -2.37. The number of rotatable bonds is 2. The van der Waals surface area contributed by atoms with Gasteiger partial charge in [-0.2, -0.15) is 0 Å². The Bertz CT molecular complexity index is 422. The first-order valence-electron chi connectivity index (χ1n) is 5.90. The Kier molecular flexibility index (Phi) is 3.26. The molecule has 5 nitrogen and oxygen atoms in total. The lowest BCUT2D eigenvalue weighted by molar-refractivity contribution is 0.0690. The van der Waals surface area contributed by atoms with Gasteiger partial charge in [0.15, 0.2) is 11.5 Å². The molecule has 1 aliphatic rings. The third-order valence-electron chi connectivity index (χ3n) is 3.29. The first-order chi connectivity index (χ1) is 8.09. The van der Waals surface area contributed by atoms with Gasteiger partial charge in [-0.25, -0.2) is 14.8 Å². The summed E-state index contributed by atoms with van der Waals surface area (Å²) >= 11 is 0. The Morgan fingerprint density at radius 1 is 1.41 bits per heavy atom. The monoisotopic (exact) mass is 235 g/mol. The van der Waals surface area contributed by atoms with Gasteiger partial charge in [-0.15, -0.1) is 0 Å². The molecule has 92 valence electrons. The topological polar surface area (TPSA) is 66.3 Å². The lowest BCUT2D eigenvalue weighted by Crippen LogP contribution is -2.41. The van der Waals surface area contributed by atoms with Crippen LogP contribution in [0.5, 0.6) is 0 Å². The number of carboxylic acid groups (broad SMARTS) is 1. The third-order valence-corrected chi connectivity index (χ3v) is 3.29. The highest BCUT2D eigenvalue weighted by Crippen LogP contribution is 2.27. The largest absolute Gasteiger partial charge is 0.476 e. The van der Waals surface area contributed by atoms with Crippen LogP contribution in [0.1, 0.15) is 37.2 Å². The SMILES string of the molecule is CC1CCN(c2nccnc2C(=O)O)C(C)C1. The van der Waals surface area contributed by atoms with E-state index in [2.05, 4.69) is 28.7 Å². The van der Waals surface area contributed by atoms with E-state index in [1.54, 1.807) is 6.20 Å². The van der Waals surface area contributed by atoms with Crippen LogP contribution in [-0.4, -0.2) is 33.6 Å². The second-order valence-corrected chi connectivity index (χ2v) is 4.71. The average molecular weight is 235 g/mol. The first-order valence-corrected chi connectivity index (χ1v) is 5.90.